The minimum absolute atomic E-state index is 0.0610. The molecule has 4 rings (SSSR count). The maximum absolute atomic E-state index is 12.5. The molecule has 28 heavy (non-hydrogen) atoms. The number of hydrogen-bond acceptors (Lipinski definition) is 6. The predicted molar refractivity (Wildman–Crippen MR) is 101 cm³/mol. The Balaban J connectivity index is 1.54. The molecule has 148 valence electrons. The van der Waals surface area contributed by atoms with Crippen molar-refractivity contribution in [1.82, 2.24) is 24.2 Å². The van der Waals surface area contributed by atoms with Gasteiger partial charge in [0.15, 0.2) is 5.65 Å². The summed E-state index contributed by atoms with van der Waals surface area (Å²) in [5, 5.41) is 11.2. The van der Waals surface area contributed by atoms with Crippen molar-refractivity contribution >= 4 is 21.6 Å². The topological polar surface area (TPSA) is 110 Å². The maximum atomic E-state index is 12.5. The molecule has 0 bridgehead atoms. The first kappa shape index (κ1) is 18.6. The highest BCUT2D eigenvalue weighted by Gasteiger charge is 2.32. The smallest absolute Gasteiger partial charge is 0.253 e. The summed E-state index contributed by atoms with van der Waals surface area (Å²) in [5.74, 6) is 1.84. The summed E-state index contributed by atoms with van der Waals surface area (Å²) in [7, 11) is -3.23. The molecular formula is C18H21N5O4S. The van der Waals surface area contributed by atoms with Gasteiger partial charge in [-0.25, -0.2) is 12.7 Å². The molecule has 10 heteroatoms. The van der Waals surface area contributed by atoms with Gasteiger partial charge in [-0.05, 0) is 37.6 Å². The van der Waals surface area contributed by atoms with Crippen LogP contribution in [0.2, 0.25) is 0 Å². The molecule has 3 aromatic heterocycles. The zero-order valence-electron chi connectivity index (χ0n) is 15.6. The van der Waals surface area contributed by atoms with Crippen LogP contribution >= 0.6 is 0 Å². The number of carbonyl (C=O) groups excluding carboxylic acids is 1. The van der Waals surface area contributed by atoms with E-state index < -0.39 is 10.0 Å². The average Bonchev–Trinajstić information content (AvgIpc) is 3.37. The molecule has 1 N–H and O–H groups in total. The van der Waals surface area contributed by atoms with Gasteiger partial charge >= 0.3 is 0 Å². The third-order valence-electron chi connectivity index (χ3n) is 4.90. The van der Waals surface area contributed by atoms with Crippen LogP contribution < -0.4 is 5.32 Å². The highest BCUT2D eigenvalue weighted by atomic mass is 32.2. The van der Waals surface area contributed by atoms with Crippen LogP contribution in [0.4, 0.5) is 0 Å². The second-order valence-corrected chi connectivity index (χ2v) is 8.99. The van der Waals surface area contributed by atoms with Crippen LogP contribution in [0.25, 0.3) is 5.65 Å². The Kier molecular flexibility index (Phi) is 4.68. The molecule has 1 amide bonds. The van der Waals surface area contributed by atoms with Crippen LogP contribution in [0.15, 0.2) is 34.9 Å². The van der Waals surface area contributed by atoms with Gasteiger partial charge in [-0.1, -0.05) is 0 Å². The number of aryl methyl sites for hydroxylation is 1. The van der Waals surface area contributed by atoms with Crippen molar-refractivity contribution in [3.05, 3.63) is 53.4 Å². The summed E-state index contributed by atoms with van der Waals surface area (Å²) in [6, 6.07) is 7.09. The number of aromatic nitrogens is 3. The van der Waals surface area contributed by atoms with E-state index in [-0.39, 0.29) is 11.8 Å². The normalized spacial score (nSPS) is 18.0. The van der Waals surface area contributed by atoms with Gasteiger partial charge in [0.1, 0.15) is 17.3 Å². The maximum Gasteiger partial charge on any atom is 0.253 e. The Morgan fingerprint density at radius 2 is 2.11 bits per heavy atom. The van der Waals surface area contributed by atoms with Crippen molar-refractivity contribution in [1.29, 1.82) is 0 Å². The number of carbonyl (C=O) groups is 1. The number of hydrogen-bond donors (Lipinski definition) is 1. The van der Waals surface area contributed by atoms with E-state index in [2.05, 4.69) is 15.5 Å². The molecular weight excluding hydrogens is 382 g/mol. The van der Waals surface area contributed by atoms with Crippen molar-refractivity contribution in [2.24, 2.45) is 0 Å². The second kappa shape index (κ2) is 7.02. The Morgan fingerprint density at radius 1 is 1.29 bits per heavy atom. The second-order valence-electron chi connectivity index (χ2n) is 7.01. The highest BCUT2D eigenvalue weighted by Crippen LogP contribution is 2.27. The molecule has 0 aromatic carbocycles. The first-order valence-corrected chi connectivity index (χ1v) is 10.8. The van der Waals surface area contributed by atoms with Gasteiger partial charge in [0.05, 0.1) is 18.4 Å². The molecule has 1 aliphatic heterocycles. The van der Waals surface area contributed by atoms with Crippen molar-refractivity contribution in [3.8, 4) is 0 Å². The number of amides is 1. The van der Waals surface area contributed by atoms with E-state index in [0.29, 0.717) is 48.9 Å². The van der Waals surface area contributed by atoms with Gasteiger partial charge in [-0.3, -0.25) is 9.20 Å². The molecule has 1 atom stereocenters. The van der Waals surface area contributed by atoms with Gasteiger partial charge in [-0.15, -0.1) is 10.2 Å². The number of nitrogens with zero attached hydrogens (tertiary/aromatic N) is 4. The molecule has 0 radical (unpaired) electrons. The molecule has 1 fully saturated rings. The zero-order chi connectivity index (χ0) is 19.9. The molecule has 3 aromatic rings. The predicted octanol–water partition coefficient (Wildman–Crippen LogP) is 1.31. The van der Waals surface area contributed by atoms with Gasteiger partial charge < -0.3 is 9.73 Å². The number of nitrogens with one attached hydrogen (secondary N) is 1. The summed E-state index contributed by atoms with van der Waals surface area (Å²) in [6.45, 7) is 2.97. The Bertz CT molecular complexity index is 1130. The highest BCUT2D eigenvalue weighted by molar-refractivity contribution is 7.88. The number of sulfonamides is 1. The quantitative estimate of drug-likeness (QED) is 0.688. The van der Waals surface area contributed by atoms with Crippen molar-refractivity contribution in [2.75, 3.05) is 19.3 Å². The monoisotopic (exact) mass is 403 g/mol. The first-order chi connectivity index (χ1) is 13.3. The summed E-state index contributed by atoms with van der Waals surface area (Å²) in [6.07, 6.45) is 3.57. The van der Waals surface area contributed by atoms with Crippen LogP contribution in [0, 0.1) is 6.92 Å². The molecule has 1 unspecified atom stereocenters. The van der Waals surface area contributed by atoms with Crippen LogP contribution in [0.3, 0.4) is 0 Å². The lowest BCUT2D eigenvalue weighted by molar-refractivity contribution is 0.0947. The fourth-order valence-electron chi connectivity index (χ4n) is 3.41. The van der Waals surface area contributed by atoms with Crippen LogP contribution in [-0.4, -0.2) is 52.6 Å². The molecule has 1 saturated heterocycles. The van der Waals surface area contributed by atoms with Crippen molar-refractivity contribution in [3.63, 3.8) is 0 Å². The van der Waals surface area contributed by atoms with Gasteiger partial charge in [-0.2, -0.15) is 0 Å². The van der Waals surface area contributed by atoms with Crippen LogP contribution in [0.5, 0.6) is 0 Å². The molecule has 1 aliphatic rings. The standard InChI is InChI=1S/C18H21N5O4S/c1-12-3-5-15(27-12)9-19-18(24)14-4-6-16-20-21-17(23(16)11-14)13-7-8-22(10-13)28(2,25)26/h3-6,11,13H,7-10H2,1-2H3,(H,19,24). The number of furan rings is 1. The van der Waals surface area contributed by atoms with E-state index in [1.54, 1.807) is 22.7 Å². The van der Waals surface area contributed by atoms with E-state index in [1.165, 1.54) is 10.6 Å². The Labute approximate surface area is 162 Å². The largest absolute Gasteiger partial charge is 0.465 e. The van der Waals surface area contributed by atoms with Gasteiger partial charge in [0.25, 0.3) is 5.91 Å². The Morgan fingerprint density at radius 3 is 2.79 bits per heavy atom. The summed E-state index contributed by atoms with van der Waals surface area (Å²) in [5.41, 5.74) is 1.08. The van der Waals surface area contributed by atoms with Crippen LogP contribution in [-0.2, 0) is 16.6 Å². The number of rotatable bonds is 5. The van der Waals surface area contributed by atoms with Crippen molar-refractivity contribution in [2.45, 2.75) is 25.8 Å². The van der Waals surface area contributed by atoms with Gasteiger partial charge in [0, 0.05) is 25.2 Å². The summed E-state index contributed by atoms with van der Waals surface area (Å²) in [4.78, 5) is 12.5. The first-order valence-electron chi connectivity index (χ1n) is 8.94. The minimum atomic E-state index is -3.23. The van der Waals surface area contributed by atoms with Gasteiger partial charge in [0.2, 0.25) is 10.0 Å². The van der Waals surface area contributed by atoms with Crippen LogP contribution in [0.1, 0.15) is 40.0 Å². The average molecular weight is 403 g/mol. The fourth-order valence-corrected chi connectivity index (χ4v) is 4.30. The molecule has 4 heterocycles. The molecule has 0 aliphatic carbocycles. The zero-order valence-corrected chi connectivity index (χ0v) is 16.4. The SMILES string of the molecule is Cc1ccc(CNC(=O)c2ccc3nnc(C4CCN(S(C)(=O)=O)C4)n3c2)o1. The third kappa shape index (κ3) is 3.65. The summed E-state index contributed by atoms with van der Waals surface area (Å²) < 4.78 is 32.2. The molecule has 0 saturated carbocycles. The molecule has 9 nitrogen and oxygen atoms in total. The summed E-state index contributed by atoms with van der Waals surface area (Å²) >= 11 is 0. The van der Waals surface area contributed by atoms with Crippen molar-refractivity contribution < 1.29 is 17.6 Å². The van der Waals surface area contributed by atoms with E-state index in [9.17, 15) is 13.2 Å². The lowest BCUT2D eigenvalue weighted by Gasteiger charge is -2.12. The number of fused-ring (bicyclic) bond motifs is 1. The van der Waals surface area contributed by atoms with E-state index in [4.69, 9.17) is 4.42 Å². The lowest BCUT2D eigenvalue weighted by Crippen LogP contribution is -2.27. The minimum Gasteiger partial charge on any atom is -0.465 e. The number of pyridine rings is 1. The Hall–Kier alpha value is -2.72. The van der Waals surface area contributed by atoms with E-state index in [1.807, 2.05) is 19.1 Å². The van der Waals surface area contributed by atoms with E-state index in [0.717, 1.165) is 5.76 Å². The third-order valence-corrected chi connectivity index (χ3v) is 6.16. The molecule has 0 spiro atoms. The van der Waals surface area contributed by atoms with E-state index >= 15 is 0 Å². The lowest BCUT2D eigenvalue weighted by atomic mass is 10.1. The fraction of sp³-hybridized carbons (Fsp3) is 0.389.